The predicted octanol–water partition coefficient (Wildman–Crippen LogP) is 3.93. The molecule has 3 rings (SSSR count). The fraction of sp³-hybridized carbons (Fsp3) is 0.158. The number of rotatable bonds is 2. The molecule has 112 valence electrons. The molecule has 0 unspecified atom stereocenters. The molecule has 0 spiro atoms. The van der Waals surface area contributed by atoms with Crippen molar-refractivity contribution in [2.24, 2.45) is 5.92 Å². The molecule has 0 heterocycles. The summed E-state index contributed by atoms with van der Waals surface area (Å²) in [4.78, 5) is 11.9. The Morgan fingerprint density at radius 2 is 1.91 bits per heavy atom. The maximum absolute atomic E-state index is 11.9. The van der Waals surface area contributed by atoms with Gasteiger partial charge in [0.25, 0.3) is 0 Å². The number of amides is 1. The Balaban J connectivity index is 1.72. The number of hydrogen-bond acceptors (Lipinski definition) is 3. The van der Waals surface area contributed by atoms with Crippen LogP contribution in [0.2, 0.25) is 0 Å². The summed E-state index contributed by atoms with van der Waals surface area (Å²) in [6, 6.07) is 15.9. The summed E-state index contributed by atoms with van der Waals surface area (Å²) in [6.45, 7) is 0. The molecule has 4 nitrogen and oxygen atoms in total. The van der Waals surface area contributed by atoms with Crippen molar-refractivity contribution in [2.75, 3.05) is 5.32 Å². The summed E-state index contributed by atoms with van der Waals surface area (Å²) in [5, 5.41) is 11.8. The van der Waals surface area contributed by atoms with Crippen molar-refractivity contribution in [3.05, 3.63) is 59.7 Å². The highest BCUT2D eigenvalue weighted by Gasteiger charge is 2.18. The molecule has 0 atom stereocenters. The highest BCUT2D eigenvalue weighted by molar-refractivity contribution is 5.86. The van der Waals surface area contributed by atoms with E-state index in [0.717, 1.165) is 12.8 Å². The van der Waals surface area contributed by atoms with E-state index in [1.165, 1.54) is 0 Å². The number of ether oxygens (including phenoxy) is 1. The van der Waals surface area contributed by atoms with Gasteiger partial charge >= 0.3 is 6.09 Å². The van der Waals surface area contributed by atoms with Crippen molar-refractivity contribution in [1.29, 1.82) is 5.26 Å². The SMILES string of the molecule is N#Cc1ccc(NC(=O)Oc2ccccc2)cc1C#CC1CC1. The molecule has 0 saturated heterocycles. The Kier molecular flexibility index (Phi) is 4.27. The molecule has 23 heavy (non-hydrogen) atoms. The molecule has 1 N–H and O–H groups in total. The number of para-hydroxylation sites is 1. The van der Waals surface area contributed by atoms with Gasteiger partial charge in [-0.1, -0.05) is 30.0 Å². The third kappa shape index (κ3) is 4.12. The van der Waals surface area contributed by atoms with E-state index < -0.39 is 6.09 Å². The third-order valence-electron chi connectivity index (χ3n) is 3.33. The van der Waals surface area contributed by atoms with E-state index >= 15 is 0 Å². The second-order valence-corrected chi connectivity index (χ2v) is 5.24. The van der Waals surface area contributed by atoms with Gasteiger partial charge in [-0.25, -0.2) is 4.79 Å². The first-order chi connectivity index (χ1) is 11.2. The number of carbonyl (C=O) groups is 1. The molecule has 0 radical (unpaired) electrons. The van der Waals surface area contributed by atoms with Gasteiger partial charge in [0.05, 0.1) is 5.56 Å². The average molecular weight is 302 g/mol. The lowest BCUT2D eigenvalue weighted by molar-refractivity contribution is 0.215. The van der Waals surface area contributed by atoms with E-state index in [0.29, 0.717) is 28.5 Å². The van der Waals surface area contributed by atoms with Crippen LogP contribution in [0.4, 0.5) is 10.5 Å². The van der Waals surface area contributed by atoms with Gasteiger partial charge in [0.1, 0.15) is 11.8 Å². The van der Waals surface area contributed by atoms with Gasteiger partial charge in [-0.2, -0.15) is 5.26 Å². The number of carbonyl (C=O) groups excluding carboxylic acids is 1. The van der Waals surface area contributed by atoms with Crippen molar-refractivity contribution in [2.45, 2.75) is 12.8 Å². The molecular weight excluding hydrogens is 288 g/mol. The lowest BCUT2D eigenvalue weighted by Gasteiger charge is -2.07. The molecule has 0 bridgehead atoms. The summed E-state index contributed by atoms with van der Waals surface area (Å²) in [7, 11) is 0. The Bertz CT molecular complexity index is 822. The first-order valence-electron chi connectivity index (χ1n) is 7.34. The van der Waals surface area contributed by atoms with Crippen molar-refractivity contribution < 1.29 is 9.53 Å². The van der Waals surface area contributed by atoms with E-state index in [4.69, 9.17) is 10.00 Å². The second kappa shape index (κ2) is 6.68. The molecule has 1 fully saturated rings. The Morgan fingerprint density at radius 3 is 2.61 bits per heavy atom. The summed E-state index contributed by atoms with van der Waals surface area (Å²) in [6.07, 6.45) is 1.66. The first kappa shape index (κ1) is 14.7. The summed E-state index contributed by atoms with van der Waals surface area (Å²) >= 11 is 0. The zero-order valence-corrected chi connectivity index (χ0v) is 12.4. The van der Waals surface area contributed by atoms with Crippen LogP contribution in [0.25, 0.3) is 0 Å². The quantitative estimate of drug-likeness (QED) is 0.855. The van der Waals surface area contributed by atoms with Crippen LogP contribution < -0.4 is 10.1 Å². The maximum atomic E-state index is 11.9. The molecule has 1 aliphatic carbocycles. The number of hydrogen-bond donors (Lipinski definition) is 1. The zero-order valence-electron chi connectivity index (χ0n) is 12.4. The van der Waals surface area contributed by atoms with Gasteiger partial charge in [-0.05, 0) is 43.2 Å². The normalized spacial score (nSPS) is 12.5. The molecule has 0 aromatic heterocycles. The molecular formula is C19H14N2O2. The highest BCUT2D eigenvalue weighted by atomic mass is 16.6. The minimum atomic E-state index is -0.581. The van der Waals surface area contributed by atoms with E-state index in [2.05, 4.69) is 23.2 Å². The lowest BCUT2D eigenvalue weighted by Crippen LogP contribution is -2.16. The van der Waals surface area contributed by atoms with Crippen LogP contribution in [0.15, 0.2) is 48.5 Å². The van der Waals surface area contributed by atoms with Crippen LogP contribution in [0.3, 0.4) is 0 Å². The molecule has 1 saturated carbocycles. The number of benzene rings is 2. The zero-order chi connectivity index (χ0) is 16.1. The summed E-state index contributed by atoms with van der Waals surface area (Å²) in [5.41, 5.74) is 1.67. The largest absolute Gasteiger partial charge is 0.417 e. The molecule has 1 aliphatic rings. The van der Waals surface area contributed by atoms with Gasteiger partial charge < -0.3 is 4.74 Å². The minimum absolute atomic E-state index is 0.446. The lowest BCUT2D eigenvalue weighted by atomic mass is 10.1. The van der Waals surface area contributed by atoms with E-state index in [1.54, 1.807) is 42.5 Å². The number of nitriles is 1. The number of anilines is 1. The van der Waals surface area contributed by atoms with Crippen LogP contribution >= 0.6 is 0 Å². The van der Waals surface area contributed by atoms with Crippen molar-refractivity contribution in [1.82, 2.24) is 0 Å². The Hall–Kier alpha value is -3.24. The maximum Gasteiger partial charge on any atom is 0.417 e. The van der Waals surface area contributed by atoms with Gasteiger partial charge in [-0.3, -0.25) is 5.32 Å². The van der Waals surface area contributed by atoms with Crippen LogP contribution in [-0.2, 0) is 0 Å². The molecule has 2 aromatic rings. The average Bonchev–Trinajstić information content (AvgIpc) is 3.38. The molecule has 2 aromatic carbocycles. The number of nitrogens with zero attached hydrogens (tertiary/aromatic N) is 1. The van der Waals surface area contributed by atoms with Crippen molar-refractivity contribution in [3.63, 3.8) is 0 Å². The Labute approximate surface area is 134 Å². The van der Waals surface area contributed by atoms with E-state index in [-0.39, 0.29) is 0 Å². The van der Waals surface area contributed by atoms with E-state index in [1.807, 2.05) is 6.07 Å². The smallest absolute Gasteiger partial charge is 0.410 e. The molecule has 4 heteroatoms. The summed E-state index contributed by atoms with van der Waals surface area (Å²) in [5.74, 6) is 7.06. The van der Waals surface area contributed by atoms with E-state index in [9.17, 15) is 4.79 Å². The standard InChI is InChI=1S/C19H14N2O2/c20-13-16-10-11-17(12-15(16)9-8-14-6-7-14)21-19(22)23-18-4-2-1-3-5-18/h1-5,10-12,14H,6-7H2,(H,21,22). The van der Waals surface area contributed by atoms with Gasteiger partial charge in [0, 0.05) is 17.2 Å². The monoisotopic (exact) mass is 302 g/mol. The highest BCUT2D eigenvalue weighted by Crippen LogP contribution is 2.28. The van der Waals surface area contributed by atoms with Gasteiger partial charge in [-0.15, -0.1) is 0 Å². The predicted molar refractivity (Wildman–Crippen MR) is 86.8 cm³/mol. The van der Waals surface area contributed by atoms with Crippen LogP contribution in [-0.4, -0.2) is 6.09 Å². The van der Waals surface area contributed by atoms with Crippen LogP contribution in [0.1, 0.15) is 24.0 Å². The fourth-order valence-corrected chi connectivity index (χ4v) is 1.97. The van der Waals surface area contributed by atoms with Gasteiger partial charge in [0.2, 0.25) is 0 Å². The third-order valence-corrected chi connectivity index (χ3v) is 3.33. The molecule has 0 aliphatic heterocycles. The van der Waals surface area contributed by atoms with Crippen molar-refractivity contribution >= 4 is 11.8 Å². The second-order valence-electron chi connectivity index (χ2n) is 5.24. The Morgan fingerprint density at radius 1 is 1.13 bits per heavy atom. The fourth-order valence-electron chi connectivity index (χ4n) is 1.97. The molecule has 1 amide bonds. The van der Waals surface area contributed by atoms with Gasteiger partial charge in [0.15, 0.2) is 0 Å². The number of nitrogens with one attached hydrogen (secondary N) is 1. The first-order valence-corrected chi connectivity index (χ1v) is 7.34. The van der Waals surface area contributed by atoms with Crippen molar-refractivity contribution in [3.8, 4) is 23.7 Å². The summed E-state index contributed by atoms with van der Waals surface area (Å²) < 4.78 is 5.17. The topological polar surface area (TPSA) is 62.1 Å². The van der Waals surface area contributed by atoms with Crippen LogP contribution in [0, 0.1) is 29.1 Å². The van der Waals surface area contributed by atoms with Crippen LogP contribution in [0.5, 0.6) is 5.75 Å². The minimum Gasteiger partial charge on any atom is -0.410 e.